The van der Waals surface area contributed by atoms with Crippen molar-refractivity contribution in [2.45, 2.75) is 45.4 Å². The van der Waals surface area contributed by atoms with Crippen molar-refractivity contribution in [1.82, 2.24) is 0 Å². The number of aliphatic hydroxyl groups excluding tert-OH is 1. The van der Waals surface area contributed by atoms with Crippen molar-refractivity contribution in [3.05, 3.63) is 60.2 Å². The van der Waals surface area contributed by atoms with E-state index in [9.17, 15) is 13.2 Å². The Hall–Kier alpha value is 1.09. The van der Waals surface area contributed by atoms with Crippen LogP contribution in [-0.2, 0) is 23.9 Å². The van der Waals surface area contributed by atoms with Gasteiger partial charge >= 0.3 is 103 Å². The molecule has 0 aliphatic heterocycles. The van der Waals surface area contributed by atoms with Crippen LogP contribution in [0.15, 0.2) is 47.4 Å². The maximum absolute atomic E-state index is 10.6. The Balaban J connectivity index is -0.000000377. The number of hydrogen-bond donors (Lipinski definition) is 1. The summed E-state index contributed by atoms with van der Waals surface area (Å²) >= 11 is 0. The molecule has 0 radical (unpaired) electrons. The van der Waals surface area contributed by atoms with Crippen LogP contribution in [0.3, 0.4) is 0 Å². The van der Waals surface area contributed by atoms with E-state index in [0.29, 0.717) is 18.3 Å². The molecule has 0 amide bonds. The van der Waals surface area contributed by atoms with Crippen LogP contribution in [0.25, 0.3) is 0 Å². The molecule has 2 aromatic rings. The Bertz CT molecular complexity index is 758. The summed E-state index contributed by atoms with van der Waals surface area (Å²) in [5.41, 5.74) is 1.36. The van der Waals surface area contributed by atoms with Crippen molar-refractivity contribution in [1.29, 1.82) is 0 Å². The monoisotopic (exact) mass is 496 g/mol. The van der Waals surface area contributed by atoms with Gasteiger partial charge in [0.25, 0.3) is 0 Å². The van der Waals surface area contributed by atoms with Gasteiger partial charge in [0.1, 0.15) is 0 Å². The normalized spacial score (nSPS) is 10.5. The fourth-order valence-corrected chi connectivity index (χ4v) is 2.42. The Kier molecular flexibility index (Phi) is 27.0. The predicted molar refractivity (Wildman–Crippen MR) is 114 cm³/mol. The van der Waals surface area contributed by atoms with Gasteiger partial charge in [0.15, 0.2) is 0 Å². The fraction of sp³-hybridized carbons (Fsp3) is 0.435. The molecular formula is C23H30K2O5S-2. The van der Waals surface area contributed by atoms with Gasteiger partial charge < -0.3 is 23.1 Å². The molecule has 0 heterocycles. The van der Waals surface area contributed by atoms with Gasteiger partial charge in [-0.05, 0) is 12.7 Å². The summed E-state index contributed by atoms with van der Waals surface area (Å²) in [4.78, 5) is 10.1. The molecule has 162 valence electrons. The summed E-state index contributed by atoms with van der Waals surface area (Å²) in [5.74, 6) is 0.892. The molecular weight excluding hydrogens is 467 g/mol. The van der Waals surface area contributed by atoms with E-state index in [4.69, 9.17) is 9.84 Å². The van der Waals surface area contributed by atoms with Gasteiger partial charge in [-0.25, -0.2) is 0 Å². The molecule has 31 heavy (non-hydrogen) atoms. The molecule has 0 saturated carbocycles. The molecule has 5 nitrogen and oxygen atoms in total. The molecule has 1 unspecified atom stereocenters. The van der Waals surface area contributed by atoms with Gasteiger partial charge in [-0.15, -0.1) is 12.0 Å². The van der Waals surface area contributed by atoms with Crippen molar-refractivity contribution in [3.63, 3.8) is 0 Å². The Labute approximate surface area is 274 Å². The molecule has 0 bridgehead atoms. The van der Waals surface area contributed by atoms with Crippen molar-refractivity contribution < 1.29 is 126 Å². The standard InChI is InChI=1S/C9H11.C8H8O3S.C6H11O2.2K/c1-8(2)9-6-4-3-5-7-9;1-2-11-7-5-3-4-6-8(7)12(9)10;1-5(2)6(3-7)4-8;;/h3-4,6-8H,1-2H3;4-6H,2H2,1H3;5-7H,3H2,1-2H3;;/q-1;-2;-1;2*+1. The van der Waals surface area contributed by atoms with E-state index in [2.05, 4.69) is 32.0 Å². The number of ether oxygens (including phenoxy) is 1. The minimum atomic E-state index is -2.24. The maximum Gasteiger partial charge on any atom is 1.00 e. The summed E-state index contributed by atoms with van der Waals surface area (Å²) < 4.78 is 26.3. The SMILES string of the molecule is CC(C)C([C-]=O)CO.CC(C)c1c[c-]ccc1.CCOc1c[c-]ccc1[S-](=O)=O.[K+].[K+]. The summed E-state index contributed by atoms with van der Waals surface area (Å²) in [6.45, 7) is 10.3. The molecule has 0 aromatic heterocycles. The van der Waals surface area contributed by atoms with Crippen LogP contribution in [0.1, 0.15) is 46.1 Å². The number of hydrogen-bond acceptors (Lipinski definition) is 6. The largest absolute Gasteiger partial charge is 1.00 e. The zero-order valence-electron chi connectivity index (χ0n) is 19.7. The van der Waals surface area contributed by atoms with Crippen molar-refractivity contribution in [2.75, 3.05) is 13.2 Å². The first-order valence-electron chi connectivity index (χ1n) is 9.45. The third-order valence-corrected chi connectivity index (χ3v) is 4.51. The third kappa shape index (κ3) is 17.2. The second-order valence-corrected chi connectivity index (χ2v) is 7.59. The summed E-state index contributed by atoms with van der Waals surface area (Å²) in [7, 11) is -2.24. The number of aliphatic hydroxyl groups is 1. The average molecular weight is 497 g/mol. The van der Waals surface area contributed by atoms with Crippen LogP contribution in [0.2, 0.25) is 0 Å². The van der Waals surface area contributed by atoms with Crippen molar-refractivity contribution >= 4 is 17.0 Å². The fourth-order valence-electron chi connectivity index (χ4n) is 1.96. The molecule has 0 spiro atoms. The Morgan fingerprint density at radius 1 is 1.06 bits per heavy atom. The van der Waals surface area contributed by atoms with Gasteiger partial charge in [0.05, 0.1) is 6.61 Å². The topological polar surface area (TPSA) is 80.7 Å². The van der Waals surface area contributed by atoms with E-state index in [1.807, 2.05) is 32.0 Å². The first-order chi connectivity index (χ1) is 13.8. The third-order valence-electron chi connectivity index (χ3n) is 3.82. The van der Waals surface area contributed by atoms with E-state index in [0.717, 1.165) is 0 Å². The van der Waals surface area contributed by atoms with Crippen molar-refractivity contribution in [3.8, 4) is 5.75 Å². The molecule has 1 N–H and O–H groups in total. The van der Waals surface area contributed by atoms with Crippen molar-refractivity contribution in [2.24, 2.45) is 11.8 Å². The molecule has 0 aliphatic carbocycles. The van der Waals surface area contributed by atoms with Gasteiger partial charge in [0.2, 0.25) is 0 Å². The van der Waals surface area contributed by atoms with Gasteiger partial charge in [0, 0.05) is 6.61 Å². The van der Waals surface area contributed by atoms with Crippen LogP contribution in [0, 0.1) is 24.0 Å². The first-order valence-corrected chi connectivity index (χ1v) is 10.5. The van der Waals surface area contributed by atoms with Crippen LogP contribution < -0.4 is 108 Å². The van der Waals surface area contributed by atoms with E-state index < -0.39 is 10.7 Å². The minimum absolute atomic E-state index is 0. The molecule has 8 heteroatoms. The van der Waals surface area contributed by atoms with Crippen LogP contribution in [0.4, 0.5) is 0 Å². The summed E-state index contributed by atoms with van der Waals surface area (Å²) in [6.07, 6.45) is 1.75. The second kappa shape index (κ2) is 22.9. The zero-order valence-corrected chi connectivity index (χ0v) is 26.7. The van der Waals surface area contributed by atoms with Gasteiger partial charge in [-0.1, -0.05) is 50.2 Å². The van der Waals surface area contributed by atoms with Gasteiger partial charge in [-0.3, -0.25) is 6.29 Å². The molecule has 0 aliphatic rings. The minimum Gasteiger partial charge on any atom is -0.553 e. The molecule has 2 aromatic carbocycles. The number of benzene rings is 2. The Morgan fingerprint density at radius 2 is 1.68 bits per heavy atom. The molecule has 0 saturated heterocycles. The zero-order chi connectivity index (χ0) is 22.2. The van der Waals surface area contributed by atoms with Crippen LogP contribution in [-0.4, -0.2) is 24.6 Å². The average Bonchev–Trinajstić information content (AvgIpc) is 2.71. The molecule has 0 fully saturated rings. The van der Waals surface area contributed by atoms with E-state index in [1.54, 1.807) is 13.2 Å². The maximum atomic E-state index is 10.6. The number of rotatable bonds is 7. The van der Waals surface area contributed by atoms with E-state index in [-0.39, 0.29) is 126 Å². The predicted octanol–water partition coefficient (Wildman–Crippen LogP) is -1.47. The Morgan fingerprint density at radius 3 is 2.00 bits per heavy atom. The first kappa shape index (κ1) is 36.7. The van der Waals surface area contributed by atoms with E-state index in [1.165, 1.54) is 23.8 Å². The number of carbonyl (C=O) groups excluding carboxylic acids is 1. The second-order valence-electron chi connectivity index (χ2n) is 6.68. The van der Waals surface area contributed by atoms with Gasteiger partial charge in [-0.2, -0.15) is 59.0 Å². The quantitative estimate of drug-likeness (QED) is 0.288. The smallest absolute Gasteiger partial charge is 0.553 e. The molecule has 1 atom stereocenters. The van der Waals surface area contributed by atoms with E-state index >= 15 is 0 Å². The van der Waals surface area contributed by atoms with Crippen LogP contribution >= 0.6 is 0 Å². The summed E-state index contributed by atoms with van der Waals surface area (Å²) in [6, 6.07) is 18.4. The van der Waals surface area contributed by atoms with Crippen LogP contribution in [0.5, 0.6) is 5.75 Å². The molecule has 2 rings (SSSR count). The summed E-state index contributed by atoms with van der Waals surface area (Å²) in [5, 5.41) is 8.43.